The predicted molar refractivity (Wildman–Crippen MR) is 71.2 cm³/mol. The molecule has 6 nitrogen and oxygen atoms in total. The fraction of sp³-hybridized carbons (Fsp3) is 0.462. The van der Waals surface area contributed by atoms with Gasteiger partial charge < -0.3 is 25.3 Å². The third-order valence-electron chi connectivity index (χ3n) is 3.70. The fourth-order valence-electron chi connectivity index (χ4n) is 2.56. The quantitative estimate of drug-likeness (QED) is 0.491. The lowest BCUT2D eigenvalue weighted by Crippen LogP contribution is -2.50. The van der Waals surface area contributed by atoms with E-state index in [1.165, 1.54) is 16.7 Å². The molecule has 5 atom stereocenters. The number of nitrogens with zero attached hydrogens (tertiary/aromatic N) is 1. The Morgan fingerprint density at radius 1 is 1.05 bits per heavy atom. The lowest BCUT2D eigenvalue weighted by atomic mass is 10.1. The molecule has 3 rings (SSSR count). The summed E-state index contributed by atoms with van der Waals surface area (Å²) in [6, 6.07) is 6.98. The van der Waals surface area contributed by atoms with Crippen molar-refractivity contribution in [1.82, 2.24) is 4.90 Å². The molecule has 0 aliphatic carbocycles. The molecule has 7 heteroatoms. The maximum Gasteiger partial charge on any atom is 0.256 e. The zero-order valence-electron chi connectivity index (χ0n) is 10.5. The maximum absolute atomic E-state index is 12.4. The minimum Gasteiger partial charge on any atom is -0.388 e. The van der Waals surface area contributed by atoms with E-state index < -0.39 is 29.8 Å². The molecule has 1 amide bonds. The van der Waals surface area contributed by atoms with Crippen molar-refractivity contribution in [2.24, 2.45) is 0 Å². The van der Waals surface area contributed by atoms with Gasteiger partial charge in [-0.3, -0.25) is 4.79 Å². The van der Waals surface area contributed by atoms with Crippen LogP contribution >= 0.6 is 11.8 Å². The summed E-state index contributed by atoms with van der Waals surface area (Å²) in [5.74, 6) is -0.316. The average molecular weight is 297 g/mol. The van der Waals surface area contributed by atoms with Crippen LogP contribution in [0.15, 0.2) is 29.2 Å². The first-order valence-electron chi connectivity index (χ1n) is 6.29. The Labute approximate surface area is 119 Å². The largest absolute Gasteiger partial charge is 0.388 e. The minimum absolute atomic E-state index is 0.125. The Morgan fingerprint density at radius 2 is 1.75 bits per heavy atom. The molecule has 20 heavy (non-hydrogen) atoms. The molecule has 2 heterocycles. The van der Waals surface area contributed by atoms with Gasteiger partial charge >= 0.3 is 0 Å². The van der Waals surface area contributed by atoms with Gasteiger partial charge in [0.15, 0.2) is 0 Å². The standard InChI is InChI=1S/C13H15NO5S/c15-7-5-14-12(19)6-3-1-2-4-8(6)20-13(14)11(18)10(17)9(7)16/h1-4,7,9-11,13,15-18H,5H2/t7-,9+,10+,11-,13-/m1/s1. The molecule has 2 aliphatic heterocycles. The normalized spacial score (nSPS) is 37.1. The van der Waals surface area contributed by atoms with Crippen LogP contribution in [0.4, 0.5) is 0 Å². The Hall–Kier alpha value is -1.12. The number of carbonyl (C=O) groups is 1. The number of fused-ring (bicyclic) bond motifs is 2. The van der Waals surface area contributed by atoms with Crippen molar-refractivity contribution in [1.29, 1.82) is 0 Å². The Bertz CT molecular complexity index is 539. The number of benzene rings is 1. The Morgan fingerprint density at radius 3 is 2.50 bits per heavy atom. The lowest BCUT2D eigenvalue weighted by molar-refractivity contribution is -0.0911. The second-order valence-corrected chi connectivity index (χ2v) is 6.16. The van der Waals surface area contributed by atoms with Crippen LogP contribution in [0.5, 0.6) is 0 Å². The lowest BCUT2D eigenvalue weighted by Gasteiger charge is -2.37. The molecule has 2 aliphatic rings. The summed E-state index contributed by atoms with van der Waals surface area (Å²) in [6.45, 7) is -0.125. The minimum atomic E-state index is -1.49. The zero-order chi connectivity index (χ0) is 14.4. The van der Waals surface area contributed by atoms with E-state index in [9.17, 15) is 25.2 Å². The summed E-state index contributed by atoms with van der Waals surface area (Å²) in [5, 5.41) is 38.9. The SMILES string of the molecule is O=C1c2ccccc2S[C@@H]2[C@H](O)[C@@H](O)[C@@H](O)[C@H](O)CN12. The van der Waals surface area contributed by atoms with Crippen molar-refractivity contribution in [3.8, 4) is 0 Å². The van der Waals surface area contributed by atoms with Crippen molar-refractivity contribution < 1.29 is 25.2 Å². The van der Waals surface area contributed by atoms with Crippen molar-refractivity contribution in [2.45, 2.75) is 34.7 Å². The van der Waals surface area contributed by atoms with Crippen molar-refractivity contribution in [3.63, 3.8) is 0 Å². The Kier molecular flexibility index (Phi) is 3.47. The van der Waals surface area contributed by atoms with Crippen LogP contribution in [-0.4, -0.2) is 67.6 Å². The van der Waals surface area contributed by atoms with Gasteiger partial charge in [0.25, 0.3) is 5.91 Å². The number of hydrogen-bond acceptors (Lipinski definition) is 6. The number of thioether (sulfide) groups is 1. The van der Waals surface area contributed by atoms with Crippen LogP contribution in [0.2, 0.25) is 0 Å². The van der Waals surface area contributed by atoms with Crippen LogP contribution in [-0.2, 0) is 0 Å². The van der Waals surface area contributed by atoms with Crippen molar-refractivity contribution >= 4 is 17.7 Å². The molecule has 0 spiro atoms. The van der Waals surface area contributed by atoms with E-state index >= 15 is 0 Å². The molecule has 1 aromatic rings. The summed E-state index contributed by atoms with van der Waals surface area (Å²) in [6.07, 6.45) is -5.60. The highest BCUT2D eigenvalue weighted by molar-refractivity contribution is 8.00. The fourth-order valence-corrected chi connectivity index (χ4v) is 3.87. The molecule has 1 saturated heterocycles. The van der Waals surface area contributed by atoms with E-state index in [2.05, 4.69) is 0 Å². The van der Waals surface area contributed by atoms with Gasteiger partial charge in [0.05, 0.1) is 12.1 Å². The van der Waals surface area contributed by atoms with E-state index in [1.807, 2.05) is 0 Å². The maximum atomic E-state index is 12.4. The van der Waals surface area contributed by atoms with Crippen molar-refractivity contribution in [3.05, 3.63) is 29.8 Å². The van der Waals surface area contributed by atoms with Crippen LogP contribution in [0.25, 0.3) is 0 Å². The number of carbonyl (C=O) groups excluding carboxylic acids is 1. The molecular formula is C13H15NO5S. The average Bonchev–Trinajstić information content (AvgIpc) is 2.53. The van der Waals surface area contributed by atoms with Gasteiger partial charge in [0, 0.05) is 4.90 Å². The molecule has 1 aromatic carbocycles. The van der Waals surface area contributed by atoms with Gasteiger partial charge in [-0.15, -0.1) is 0 Å². The number of aliphatic hydroxyl groups is 4. The van der Waals surface area contributed by atoms with Gasteiger partial charge in [-0.2, -0.15) is 0 Å². The number of aliphatic hydroxyl groups excluding tert-OH is 4. The van der Waals surface area contributed by atoms with E-state index in [4.69, 9.17) is 0 Å². The van der Waals surface area contributed by atoms with E-state index in [-0.39, 0.29) is 12.5 Å². The van der Waals surface area contributed by atoms with Crippen LogP contribution in [0.3, 0.4) is 0 Å². The molecule has 1 fully saturated rings. The second-order valence-electron chi connectivity index (χ2n) is 5.00. The molecule has 0 saturated carbocycles. The molecule has 0 bridgehead atoms. The first-order chi connectivity index (χ1) is 9.50. The monoisotopic (exact) mass is 297 g/mol. The Balaban J connectivity index is 2.02. The molecule has 0 radical (unpaired) electrons. The first kappa shape index (κ1) is 13.8. The second kappa shape index (κ2) is 5.01. The number of hydrogen-bond donors (Lipinski definition) is 4. The van der Waals surface area contributed by atoms with E-state index in [1.54, 1.807) is 24.3 Å². The van der Waals surface area contributed by atoms with E-state index in [0.29, 0.717) is 5.56 Å². The van der Waals surface area contributed by atoms with Crippen LogP contribution in [0, 0.1) is 0 Å². The number of amides is 1. The highest BCUT2D eigenvalue weighted by Crippen LogP contribution is 2.39. The molecular weight excluding hydrogens is 282 g/mol. The van der Waals surface area contributed by atoms with Crippen LogP contribution < -0.4 is 0 Å². The molecule has 108 valence electrons. The zero-order valence-corrected chi connectivity index (χ0v) is 11.3. The first-order valence-corrected chi connectivity index (χ1v) is 7.17. The highest BCUT2D eigenvalue weighted by Gasteiger charge is 2.47. The summed E-state index contributed by atoms with van der Waals surface area (Å²) >= 11 is 1.25. The van der Waals surface area contributed by atoms with Gasteiger partial charge in [-0.05, 0) is 12.1 Å². The molecule has 0 aromatic heterocycles. The summed E-state index contributed by atoms with van der Waals surface area (Å²) in [5.41, 5.74) is 0.499. The third-order valence-corrected chi connectivity index (χ3v) is 5.09. The summed E-state index contributed by atoms with van der Waals surface area (Å²) in [4.78, 5) is 14.5. The van der Waals surface area contributed by atoms with Crippen LogP contribution in [0.1, 0.15) is 10.4 Å². The summed E-state index contributed by atoms with van der Waals surface area (Å²) in [7, 11) is 0. The number of rotatable bonds is 0. The van der Waals surface area contributed by atoms with Gasteiger partial charge in [0.2, 0.25) is 0 Å². The van der Waals surface area contributed by atoms with E-state index in [0.717, 1.165) is 4.90 Å². The molecule has 4 N–H and O–H groups in total. The van der Waals surface area contributed by atoms with Gasteiger partial charge in [0.1, 0.15) is 29.8 Å². The molecule has 0 unspecified atom stereocenters. The smallest absolute Gasteiger partial charge is 0.256 e. The predicted octanol–water partition coefficient (Wildman–Crippen LogP) is -0.982. The topological polar surface area (TPSA) is 101 Å². The van der Waals surface area contributed by atoms with Gasteiger partial charge in [-0.1, -0.05) is 23.9 Å². The highest BCUT2D eigenvalue weighted by atomic mass is 32.2. The summed E-state index contributed by atoms with van der Waals surface area (Å²) < 4.78 is 0. The van der Waals surface area contributed by atoms with Gasteiger partial charge in [-0.25, -0.2) is 0 Å². The van der Waals surface area contributed by atoms with Crippen molar-refractivity contribution in [2.75, 3.05) is 6.54 Å². The third kappa shape index (κ3) is 2.02.